The second-order valence-corrected chi connectivity index (χ2v) is 4.62. The molecule has 0 radical (unpaired) electrons. The molecule has 2 aromatic rings. The van der Waals surface area contributed by atoms with Crippen molar-refractivity contribution < 1.29 is 9.90 Å². The van der Waals surface area contributed by atoms with E-state index in [-0.39, 0.29) is 5.75 Å². The van der Waals surface area contributed by atoms with Crippen LogP contribution in [0.15, 0.2) is 30.3 Å². The van der Waals surface area contributed by atoms with Crippen LogP contribution in [0.4, 0.5) is 16.3 Å². The van der Waals surface area contributed by atoms with E-state index >= 15 is 0 Å². The third-order valence-electron chi connectivity index (χ3n) is 3.17. The Morgan fingerprint density at radius 3 is 2.79 bits per heavy atom. The van der Waals surface area contributed by atoms with Gasteiger partial charge in [-0.3, -0.25) is 5.10 Å². The molecule has 0 spiro atoms. The lowest BCUT2D eigenvalue weighted by molar-refractivity contribution is 0.255. The molecule has 2 amide bonds. The molecule has 1 aliphatic rings. The summed E-state index contributed by atoms with van der Waals surface area (Å²) < 4.78 is 0. The maximum atomic E-state index is 11.6. The van der Waals surface area contributed by atoms with Crippen molar-refractivity contribution in [1.82, 2.24) is 10.2 Å². The Bertz CT molecular complexity index is 619. The molecule has 0 unspecified atom stereocenters. The second kappa shape index (κ2) is 4.31. The summed E-state index contributed by atoms with van der Waals surface area (Å²) in [4.78, 5) is 12.8. The number of phenols is 1. The van der Waals surface area contributed by atoms with Crippen LogP contribution in [0, 0.1) is 0 Å². The van der Waals surface area contributed by atoms with Crippen molar-refractivity contribution in [2.75, 3.05) is 4.90 Å². The molecule has 1 aromatic carbocycles. The van der Waals surface area contributed by atoms with Gasteiger partial charge >= 0.3 is 6.03 Å². The summed E-state index contributed by atoms with van der Waals surface area (Å²) in [6.07, 6.45) is 2.27. The zero-order valence-electron chi connectivity index (χ0n) is 10.2. The number of nitrogens with one attached hydrogen (secondary N) is 1. The standard InChI is InChI=1S/C13H14N4O2/c14-13(19)17(10-3-1-2-4-11(10)18)12-7-9(15-16-12)8-5-6-8/h1-4,7-8,18H,5-6H2,(H2,14,19)(H,15,16). The zero-order valence-corrected chi connectivity index (χ0v) is 10.2. The Hall–Kier alpha value is -2.50. The molecule has 3 rings (SSSR count). The predicted molar refractivity (Wildman–Crippen MR) is 70.4 cm³/mol. The lowest BCUT2D eigenvalue weighted by Crippen LogP contribution is -2.31. The Labute approximate surface area is 109 Å². The summed E-state index contributed by atoms with van der Waals surface area (Å²) >= 11 is 0. The fraction of sp³-hybridized carbons (Fsp3) is 0.231. The number of para-hydroxylation sites is 2. The first-order valence-corrected chi connectivity index (χ1v) is 6.09. The predicted octanol–water partition coefficient (Wildman–Crippen LogP) is 2.21. The fourth-order valence-electron chi connectivity index (χ4n) is 2.05. The molecule has 1 aliphatic carbocycles. The second-order valence-electron chi connectivity index (χ2n) is 4.62. The number of aromatic nitrogens is 2. The molecule has 1 aromatic heterocycles. The molecule has 98 valence electrons. The molecule has 4 N–H and O–H groups in total. The lowest BCUT2D eigenvalue weighted by Gasteiger charge is -2.18. The van der Waals surface area contributed by atoms with Gasteiger partial charge in [0.2, 0.25) is 0 Å². The van der Waals surface area contributed by atoms with E-state index in [0.29, 0.717) is 17.4 Å². The number of benzene rings is 1. The highest BCUT2D eigenvalue weighted by Gasteiger charge is 2.28. The molecular weight excluding hydrogens is 244 g/mol. The molecule has 1 saturated carbocycles. The van der Waals surface area contributed by atoms with E-state index in [1.54, 1.807) is 24.3 Å². The van der Waals surface area contributed by atoms with Crippen molar-refractivity contribution in [3.05, 3.63) is 36.0 Å². The average Bonchev–Trinajstić information content (AvgIpc) is 3.12. The number of carbonyl (C=O) groups excluding carboxylic acids is 1. The number of hydrogen-bond acceptors (Lipinski definition) is 3. The number of rotatable bonds is 3. The minimum Gasteiger partial charge on any atom is -0.506 e. The Morgan fingerprint density at radius 1 is 1.42 bits per heavy atom. The highest BCUT2D eigenvalue weighted by atomic mass is 16.3. The quantitative estimate of drug-likeness (QED) is 0.787. The Balaban J connectivity index is 2.00. The van der Waals surface area contributed by atoms with E-state index in [1.165, 1.54) is 11.0 Å². The maximum absolute atomic E-state index is 11.6. The van der Waals surface area contributed by atoms with Gasteiger partial charge in [-0.15, -0.1) is 0 Å². The van der Waals surface area contributed by atoms with Crippen LogP contribution in [0.3, 0.4) is 0 Å². The number of phenolic OH excluding ortho intramolecular Hbond substituents is 1. The van der Waals surface area contributed by atoms with Gasteiger partial charge in [0, 0.05) is 17.7 Å². The largest absolute Gasteiger partial charge is 0.506 e. The first-order valence-electron chi connectivity index (χ1n) is 6.09. The number of carbonyl (C=O) groups is 1. The van der Waals surface area contributed by atoms with Crippen LogP contribution in [-0.2, 0) is 0 Å². The van der Waals surface area contributed by atoms with E-state index in [9.17, 15) is 9.90 Å². The molecule has 1 fully saturated rings. The van der Waals surface area contributed by atoms with Crippen LogP contribution in [0.2, 0.25) is 0 Å². The van der Waals surface area contributed by atoms with Crippen molar-refractivity contribution in [1.29, 1.82) is 0 Å². The van der Waals surface area contributed by atoms with Gasteiger partial charge < -0.3 is 10.8 Å². The summed E-state index contributed by atoms with van der Waals surface area (Å²) in [5, 5.41) is 16.8. The highest BCUT2D eigenvalue weighted by Crippen LogP contribution is 2.41. The monoisotopic (exact) mass is 258 g/mol. The number of anilines is 2. The minimum atomic E-state index is -0.685. The van der Waals surface area contributed by atoms with E-state index in [2.05, 4.69) is 10.2 Å². The van der Waals surface area contributed by atoms with Gasteiger partial charge in [0.1, 0.15) is 5.75 Å². The molecule has 0 aliphatic heterocycles. The van der Waals surface area contributed by atoms with Crippen LogP contribution in [-0.4, -0.2) is 21.3 Å². The summed E-state index contributed by atoms with van der Waals surface area (Å²) in [5.74, 6) is 0.883. The van der Waals surface area contributed by atoms with Gasteiger partial charge in [-0.05, 0) is 25.0 Å². The summed E-state index contributed by atoms with van der Waals surface area (Å²) in [7, 11) is 0. The summed E-state index contributed by atoms with van der Waals surface area (Å²) in [6, 6.07) is 7.63. The number of nitrogens with two attached hydrogens (primary N) is 1. The Kier molecular flexibility index (Phi) is 2.63. The third-order valence-corrected chi connectivity index (χ3v) is 3.17. The molecule has 0 atom stereocenters. The fourth-order valence-corrected chi connectivity index (χ4v) is 2.05. The number of aromatic amines is 1. The molecule has 0 saturated heterocycles. The van der Waals surface area contributed by atoms with Gasteiger partial charge in [-0.1, -0.05) is 12.1 Å². The summed E-state index contributed by atoms with van der Waals surface area (Å²) in [6.45, 7) is 0. The number of urea groups is 1. The molecule has 19 heavy (non-hydrogen) atoms. The van der Waals surface area contributed by atoms with Crippen molar-refractivity contribution in [2.24, 2.45) is 5.73 Å². The number of H-pyrrole nitrogens is 1. The number of amides is 2. The zero-order chi connectivity index (χ0) is 13.4. The lowest BCUT2D eigenvalue weighted by atomic mass is 10.2. The maximum Gasteiger partial charge on any atom is 0.325 e. The molecular formula is C13H14N4O2. The van der Waals surface area contributed by atoms with Crippen LogP contribution in [0.25, 0.3) is 0 Å². The smallest absolute Gasteiger partial charge is 0.325 e. The normalized spacial score (nSPS) is 14.3. The first-order chi connectivity index (χ1) is 9.16. The molecule has 1 heterocycles. The number of aromatic hydroxyl groups is 1. The van der Waals surface area contributed by atoms with Gasteiger partial charge in [-0.2, -0.15) is 5.10 Å². The Morgan fingerprint density at radius 2 is 2.16 bits per heavy atom. The van der Waals surface area contributed by atoms with Crippen LogP contribution >= 0.6 is 0 Å². The molecule has 0 bridgehead atoms. The highest BCUT2D eigenvalue weighted by molar-refractivity contribution is 5.98. The molecule has 6 nitrogen and oxygen atoms in total. The van der Waals surface area contributed by atoms with E-state index in [1.807, 2.05) is 0 Å². The van der Waals surface area contributed by atoms with Crippen LogP contribution in [0.1, 0.15) is 24.5 Å². The van der Waals surface area contributed by atoms with Crippen molar-refractivity contribution in [3.8, 4) is 5.75 Å². The van der Waals surface area contributed by atoms with Crippen molar-refractivity contribution in [2.45, 2.75) is 18.8 Å². The van der Waals surface area contributed by atoms with Gasteiger partial charge in [0.25, 0.3) is 0 Å². The number of hydrogen-bond donors (Lipinski definition) is 3. The number of nitrogens with zero attached hydrogens (tertiary/aromatic N) is 2. The first kappa shape index (κ1) is 11.6. The SMILES string of the molecule is NC(=O)N(c1cc(C2CC2)[nH]n1)c1ccccc1O. The number of primary amides is 1. The third kappa shape index (κ3) is 2.12. The van der Waals surface area contributed by atoms with Crippen molar-refractivity contribution in [3.63, 3.8) is 0 Å². The minimum absolute atomic E-state index is 0.0164. The van der Waals surface area contributed by atoms with Crippen LogP contribution < -0.4 is 10.6 Å². The van der Waals surface area contributed by atoms with Gasteiger partial charge in [-0.25, -0.2) is 9.69 Å². The van der Waals surface area contributed by atoms with Gasteiger partial charge in [0.05, 0.1) is 5.69 Å². The van der Waals surface area contributed by atoms with Gasteiger partial charge in [0.15, 0.2) is 5.82 Å². The molecule has 6 heteroatoms. The topological polar surface area (TPSA) is 95.2 Å². The average molecular weight is 258 g/mol. The van der Waals surface area contributed by atoms with Crippen molar-refractivity contribution >= 4 is 17.5 Å². The summed E-state index contributed by atoms with van der Waals surface area (Å²) in [5.41, 5.74) is 6.71. The van der Waals surface area contributed by atoms with E-state index in [4.69, 9.17) is 5.73 Å². The van der Waals surface area contributed by atoms with E-state index < -0.39 is 6.03 Å². The van der Waals surface area contributed by atoms with Crippen LogP contribution in [0.5, 0.6) is 5.75 Å². The van der Waals surface area contributed by atoms with E-state index in [0.717, 1.165) is 18.5 Å².